The minimum atomic E-state index is -2.41. The van der Waals surface area contributed by atoms with E-state index in [4.69, 9.17) is 0 Å². The zero-order chi connectivity index (χ0) is 9.84. The maximum Gasteiger partial charge on any atom is 0.257 e. The van der Waals surface area contributed by atoms with E-state index >= 15 is 0 Å². The smallest absolute Gasteiger partial charge is 0.257 e. The molecule has 0 aliphatic heterocycles. The van der Waals surface area contributed by atoms with Crippen LogP contribution in [0.5, 0.6) is 0 Å². The Morgan fingerprint density at radius 3 is 2.54 bits per heavy atom. The van der Waals surface area contributed by atoms with E-state index in [1.807, 2.05) is 6.92 Å². The topological polar surface area (TPSA) is 24.9 Å². The predicted molar refractivity (Wildman–Crippen MR) is 46.8 cm³/mol. The van der Waals surface area contributed by atoms with Crippen molar-refractivity contribution >= 4 is 0 Å². The van der Waals surface area contributed by atoms with Crippen LogP contribution < -0.4 is 5.32 Å². The minimum absolute atomic E-state index is 0.525. The molecule has 0 aliphatic carbocycles. The molecule has 1 rings (SSSR count). The number of rotatable bonds is 3. The Morgan fingerprint density at radius 1 is 1.38 bits per heavy atom. The molecule has 1 unspecified atom stereocenters. The third-order valence-electron chi connectivity index (χ3n) is 1.82. The predicted octanol–water partition coefficient (Wildman–Crippen LogP) is 1.92. The molecule has 2 nitrogen and oxygen atoms in total. The van der Waals surface area contributed by atoms with Crippen LogP contribution in [0.3, 0.4) is 0 Å². The summed E-state index contributed by atoms with van der Waals surface area (Å²) in [7, 11) is 1.51. The van der Waals surface area contributed by atoms with Crippen molar-refractivity contribution in [3.63, 3.8) is 0 Å². The van der Waals surface area contributed by atoms with E-state index in [0.29, 0.717) is 5.56 Å². The van der Waals surface area contributed by atoms with Crippen LogP contribution in [0.15, 0.2) is 18.5 Å². The standard InChI is InChI=1S/C9H12F2N2/c1-6-3-7(5-13-4-6)8(12-2)9(10)11/h3-5,8-9,12H,1-2H3. The zero-order valence-electron chi connectivity index (χ0n) is 7.59. The first-order valence-electron chi connectivity index (χ1n) is 4.02. The molecule has 1 heterocycles. The van der Waals surface area contributed by atoms with Crippen molar-refractivity contribution in [2.75, 3.05) is 7.05 Å². The molecular weight excluding hydrogens is 174 g/mol. The number of nitrogens with zero attached hydrogens (tertiary/aromatic N) is 1. The molecule has 0 saturated heterocycles. The van der Waals surface area contributed by atoms with E-state index in [1.54, 1.807) is 12.3 Å². The molecule has 0 bridgehead atoms. The summed E-state index contributed by atoms with van der Waals surface area (Å²) >= 11 is 0. The van der Waals surface area contributed by atoms with Gasteiger partial charge in [0, 0.05) is 12.4 Å². The van der Waals surface area contributed by atoms with Gasteiger partial charge in [-0.15, -0.1) is 0 Å². The summed E-state index contributed by atoms with van der Waals surface area (Å²) in [5.41, 5.74) is 1.41. The summed E-state index contributed by atoms with van der Waals surface area (Å²) in [4.78, 5) is 3.86. The molecule has 0 aliphatic rings. The molecule has 0 aromatic carbocycles. The monoisotopic (exact) mass is 186 g/mol. The number of hydrogen-bond acceptors (Lipinski definition) is 2. The van der Waals surface area contributed by atoms with Gasteiger partial charge in [-0.3, -0.25) is 4.98 Å². The summed E-state index contributed by atoms with van der Waals surface area (Å²) in [6.45, 7) is 1.83. The second-order valence-electron chi connectivity index (χ2n) is 2.90. The van der Waals surface area contributed by atoms with Crippen LogP contribution in [0.2, 0.25) is 0 Å². The Balaban J connectivity index is 2.91. The quantitative estimate of drug-likeness (QED) is 0.780. The fourth-order valence-electron chi connectivity index (χ4n) is 1.19. The average Bonchev–Trinajstić information content (AvgIpc) is 2.04. The first-order chi connectivity index (χ1) is 6.15. The largest absolute Gasteiger partial charge is 0.308 e. The number of halogens is 2. The van der Waals surface area contributed by atoms with E-state index in [2.05, 4.69) is 10.3 Å². The maximum absolute atomic E-state index is 12.4. The highest BCUT2D eigenvalue weighted by Gasteiger charge is 2.20. The van der Waals surface area contributed by atoms with Gasteiger partial charge in [-0.05, 0) is 25.1 Å². The third-order valence-corrected chi connectivity index (χ3v) is 1.82. The highest BCUT2D eigenvalue weighted by molar-refractivity contribution is 5.20. The number of aromatic nitrogens is 1. The van der Waals surface area contributed by atoms with Gasteiger partial charge >= 0.3 is 0 Å². The lowest BCUT2D eigenvalue weighted by Gasteiger charge is -2.15. The van der Waals surface area contributed by atoms with Crippen LogP contribution in [0.1, 0.15) is 17.2 Å². The van der Waals surface area contributed by atoms with E-state index in [1.165, 1.54) is 13.2 Å². The van der Waals surface area contributed by atoms with E-state index in [-0.39, 0.29) is 0 Å². The molecule has 0 saturated carbocycles. The van der Waals surface area contributed by atoms with Crippen molar-refractivity contribution in [3.05, 3.63) is 29.6 Å². The van der Waals surface area contributed by atoms with Gasteiger partial charge in [0.05, 0.1) is 6.04 Å². The van der Waals surface area contributed by atoms with Gasteiger partial charge in [0.1, 0.15) is 0 Å². The summed E-state index contributed by atoms with van der Waals surface area (Å²) < 4.78 is 24.9. The Labute approximate surface area is 76.0 Å². The summed E-state index contributed by atoms with van der Waals surface area (Å²) in [5, 5.41) is 2.55. The number of alkyl halides is 2. The second kappa shape index (κ2) is 4.28. The summed E-state index contributed by atoms with van der Waals surface area (Å²) in [6.07, 6.45) is 0.691. The molecule has 1 aromatic heterocycles. The Kier molecular flexibility index (Phi) is 3.31. The van der Waals surface area contributed by atoms with Crippen molar-refractivity contribution in [2.24, 2.45) is 0 Å². The van der Waals surface area contributed by atoms with Gasteiger partial charge in [-0.25, -0.2) is 8.78 Å². The van der Waals surface area contributed by atoms with Crippen molar-refractivity contribution in [3.8, 4) is 0 Å². The van der Waals surface area contributed by atoms with Crippen LogP contribution in [-0.2, 0) is 0 Å². The van der Waals surface area contributed by atoms with Gasteiger partial charge in [0.2, 0.25) is 0 Å². The molecule has 0 fully saturated rings. The molecule has 4 heteroatoms. The number of aryl methyl sites for hydroxylation is 1. The van der Waals surface area contributed by atoms with E-state index in [9.17, 15) is 8.78 Å². The van der Waals surface area contributed by atoms with Crippen LogP contribution in [0.25, 0.3) is 0 Å². The highest BCUT2D eigenvalue weighted by atomic mass is 19.3. The van der Waals surface area contributed by atoms with Gasteiger partial charge in [0.15, 0.2) is 0 Å². The van der Waals surface area contributed by atoms with Crippen LogP contribution in [0, 0.1) is 6.92 Å². The van der Waals surface area contributed by atoms with Crippen molar-refractivity contribution < 1.29 is 8.78 Å². The van der Waals surface area contributed by atoms with Crippen LogP contribution >= 0.6 is 0 Å². The molecule has 1 aromatic rings. The molecule has 1 atom stereocenters. The average molecular weight is 186 g/mol. The molecule has 0 radical (unpaired) electrons. The second-order valence-corrected chi connectivity index (χ2v) is 2.90. The summed E-state index contributed by atoms with van der Waals surface area (Å²) in [5.74, 6) is 0. The lowest BCUT2D eigenvalue weighted by Crippen LogP contribution is -2.23. The third kappa shape index (κ3) is 2.45. The maximum atomic E-state index is 12.4. The molecule has 13 heavy (non-hydrogen) atoms. The van der Waals surface area contributed by atoms with Gasteiger partial charge in [-0.1, -0.05) is 6.07 Å². The number of pyridine rings is 1. The first kappa shape index (κ1) is 10.1. The fourth-order valence-corrected chi connectivity index (χ4v) is 1.19. The van der Waals surface area contributed by atoms with Crippen molar-refractivity contribution in [2.45, 2.75) is 19.4 Å². The fraction of sp³-hybridized carbons (Fsp3) is 0.444. The zero-order valence-corrected chi connectivity index (χ0v) is 7.59. The normalized spacial score (nSPS) is 13.3. The Morgan fingerprint density at radius 2 is 2.08 bits per heavy atom. The molecule has 0 amide bonds. The molecular formula is C9H12F2N2. The number of nitrogens with one attached hydrogen (secondary N) is 1. The van der Waals surface area contributed by atoms with Crippen molar-refractivity contribution in [1.29, 1.82) is 0 Å². The molecule has 72 valence electrons. The lowest BCUT2D eigenvalue weighted by atomic mass is 10.1. The SMILES string of the molecule is CNC(c1cncc(C)c1)C(F)F. The minimum Gasteiger partial charge on any atom is -0.308 e. The van der Waals surface area contributed by atoms with Crippen LogP contribution in [-0.4, -0.2) is 18.5 Å². The van der Waals surface area contributed by atoms with Gasteiger partial charge in [-0.2, -0.15) is 0 Å². The van der Waals surface area contributed by atoms with E-state index in [0.717, 1.165) is 5.56 Å². The molecule has 0 spiro atoms. The van der Waals surface area contributed by atoms with Gasteiger partial charge < -0.3 is 5.32 Å². The Hall–Kier alpha value is -1.03. The number of hydrogen-bond donors (Lipinski definition) is 1. The Bertz CT molecular complexity index is 276. The summed E-state index contributed by atoms with van der Waals surface area (Å²) in [6, 6.07) is 0.785. The highest BCUT2D eigenvalue weighted by Crippen LogP contribution is 2.19. The van der Waals surface area contributed by atoms with Gasteiger partial charge in [0.25, 0.3) is 6.43 Å². The molecule has 1 N–H and O–H groups in total. The first-order valence-corrected chi connectivity index (χ1v) is 4.02. The van der Waals surface area contributed by atoms with Crippen molar-refractivity contribution in [1.82, 2.24) is 10.3 Å². The van der Waals surface area contributed by atoms with E-state index < -0.39 is 12.5 Å². The van der Waals surface area contributed by atoms with Crippen LogP contribution in [0.4, 0.5) is 8.78 Å². The lowest BCUT2D eigenvalue weighted by molar-refractivity contribution is 0.102.